The van der Waals surface area contributed by atoms with Crippen LogP contribution in [0.25, 0.3) is 0 Å². The molecule has 0 radical (unpaired) electrons. The molecule has 1 aromatic heterocycles. The summed E-state index contributed by atoms with van der Waals surface area (Å²) in [7, 11) is 2.20. The highest BCUT2D eigenvalue weighted by molar-refractivity contribution is 14.0. The zero-order valence-electron chi connectivity index (χ0n) is 17.3. The van der Waals surface area contributed by atoms with Crippen LogP contribution in [-0.2, 0) is 0 Å². The number of nitrogens with zero attached hydrogens (tertiary/aromatic N) is 5. The van der Waals surface area contributed by atoms with Gasteiger partial charge < -0.3 is 15.5 Å². The molecule has 164 valence electrons. The summed E-state index contributed by atoms with van der Waals surface area (Å²) >= 11 is 7.95. The Kier molecular flexibility index (Phi) is 8.62. The Balaban J connectivity index is 0.00000256. The van der Waals surface area contributed by atoms with Crippen molar-refractivity contribution in [3.05, 3.63) is 46.4 Å². The number of aromatic nitrogens is 1. The van der Waals surface area contributed by atoms with Gasteiger partial charge in [-0.2, -0.15) is 0 Å². The maximum atomic E-state index is 6.38. The van der Waals surface area contributed by atoms with Crippen LogP contribution in [0, 0.1) is 5.92 Å². The van der Waals surface area contributed by atoms with Crippen molar-refractivity contribution < 1.29 is 0 Å². The highest BCUT2D eigenvalue weighted by Gasteiger charge is 2.30. The normalized spacial score (nSPS) is 23.3. The minimum absolute atomic E-state index is 0. The van der Waals surface area contributed by atoms with Gasteiger partial charge in [-0.3, -0.25) is 9.89 Å². The van der Waals surface area contributed by atoms with Gasteiger partial charge in [-0.15, -0.1) is 35.3 Å². The number of piperazine rings is 1. The molecule has 2 saturated heterocycles. The van der Waals surface area contributed by atoms with Gasteiger partial charge in [0, 0.05) is 55.4 Å². The summed E-state index contributed by atoms with van der Waals surface area (Å²) in [6, 6.07) is 8.57. The van der Waals surface area contributed by atoms with Crippen LogP contribution in [0.3, 0.4) is 0 Å². The maximum Gasteiger partial charge on any atom is 0.191 e. The molecule has 0 bridgehead atoms. The van der Waals surface area contributed by atoms with Gasteiger partial charge >= 0.3 is 0 Å². The van der Waals surface area contributed by atoms with Crippen molar-refractivity contribution in [1.29, 1.82) is 0 Å². The standard InChI is InChI=1S/C21H29ClN6S.HI/c1-26-8-3-5-17(19(26)16-4-2-6-18(22)14-16)15-25-20(23)27-9-11-28(12-10-27)21-24-7-13-29-21;/h2,4,6-7,13-14,17,19H,3,5,8-12,15H2,1H3,(H2,23,25);1H. The van der Waals surface area contributed by atoms with Crippen LogP contribution in [0.5, 0.6) is 0 Å². The molecule has 1 aromatic carbocycles. The number of hydrogen-bond acceptors (Lipinski definition) is 5. The van der Waals surface area contributed by atoms with E-state index < -0.39 is 0 Å². The molecule has 2 unspecified atom stereocenters. The van der Waals surface area contributed by atoms with E-state index in [-0.39, 0.29) is 24.0 Å². The number of halogens is 2. The van der Waals surface area contributed by atoms with Gasteiger partial charge in [0.25, 0.3) is 0 Å². The Hall–Kier alpha value is -1.10. The number of hydrogen-bond donors (Lipinski definition) is 1. The number of nitrogens with two attached hydrogens (primary N) is 1. The molecule has 0 aliphatic carbocycles. The molecule has 2 fully saturated rings. The summed E-state index contributed by atoms with van der Waals surface area (Å²) in [4.78, 5) is 16.2. The van der Waals surface area contributed by atoms with Crippen molar-refractivity contribution in [2.45, 2.75) is 18.9 Å². The number of benzene rings is 1. The van der Waals surface area contributed by atoms with Crippen molar-refractivity contribution in [2.24, 2.45) is 16.6 Å². The fraction of sp³-hybridized carbons (Fsp3) is 0.524. The average Bonchev–Trinajstić information content (AvgIpc) is 3.27. The molecule has 2 atom stereocenters. The van der Waals surface area contributed by atoms with Gasteiger partial charge in [0.05, 0.1) is 0 Å². The number of rotatable bonds is 4. The topological polar surface area (TPSA) is 61.0 Å². The lowest BCUT2D eigenvalue weighted by Crippen LogP contribution is -2.51. The van der Waals surface area contributed by atoms with Crippen molar-refractivity contribution in [1.82, 2.24) is 14.8 Å². The first-order chi connectivity index (χ1) is 14.1. The Labute approximate surface area is 205 Å². The minimum Gasteiger partial charge on any atom is -0.370 e. The maximum absolute atomic E-state index is 6.38. The summed E-state index contributed by atoms with van der Waals surface area (Å²) in [6.45, 7) is 5.49. The van der Waals surface area contributed by atoms with Crippen LogP contribution in [0.1, 0.15) is 24.4 Å². The van der Waals surface area contributed by atoms with Crippen LogP contribution >= 0.6 is 46.9 Å². The molecule has 30 heavy (non-hydrogen) atoms. The molecule has 9 heteroatoms. The quantitative estimate of drug-likeness (QED) is 0.349. The van der Waals surface area contributed by atoms with Crippen LogP contribution < -0.4 is 10.6 Å². The van der Waals surface area contributed by atoms with Gasteiger partial charge in [0.15, 0.2) is 11.1 Å². The van der Waals surface area contributed by atoms with E-state index in [1.54, 1.807) is 11.3 Å². The van der Waals surface area contributed by atoms with Crippen molar-refractivity contribution in [2.75, 3.05) is 51.2 Å². The van der Waals surface area contributed by atoms with E-state index in [0.717, 1.165) is 55.8 Å². The zero-order chi connectivity index (χ0) is 20.2. The summed E-state index contributed by atoms with van der Waals surface area (Å²) in [5.41, 5.74) is 7.66. The Bertz CT molecular complexity index is 825. The third-order valence-corrected chi connectivity index (χ3v) is 7.05. The first-order valence-electron chi connectivity index (χ1n) is 10.3. The lowest BCUT2D eigenvalue weighted by atomic mass is 9.85. The van der Waals surface area contributed by atoms with E-state index in [2.05, 4.69) is 38.9 Å². The predicted molar refractivity (Wildman–Crippen MR) is 137 cm³/mol. The smallest absolute Gasteiger partial charge is 0.191 e. The number of guanidine groups is 1. The number of likely N-dealkylation sites (tertiary alicyclic amines) is 1. The first kappa shape index (κ1) is 23.6. The molecule has 3 heterocycles. The molecule has 2 aliphatic rings. The average molecular weight is 561 g/mol. The summed E-state index contributed by atoms with van der Waals surface area (Å²) in [5, 5.41) is 3.91. The molecule has 6 nitrogen and oxygen atoms in total. The lowest BCUT2D eigenvalue weighted by molar-refractivity contribution is 0.125. The minimum atomic E-state index is 0. The molecule has 4 rings (SSSR count). The second kappa shape index (κ2) is 11.0. The van der Waals surface area contributed by atoms with E-state index >= 15 is 0 Å². The van der Waals surface area contributed by atoms with Crippen molar-refractivity contribution >= 4 is 58.0 Å². The van der Waals surface area contributed by atoms with Crippen LogP contribution in [0.4, 0.5) is 5.13 Å². The van der Waals surface area contributed by atoms with Crippen LogP contribution in [0.15, 0.2) is 40.8 Å². The molecule has 0 spiro atoms. The Morgan fingerprint density at radius 1 is 1.27 bits per heavy atom. The highest BCUT2D eigenvalue weighted by Crippen LogP contribution is 2.36. The molecule has 0 saturated carbocycles. The van der Waals surface area contributed by atoms with Gasteiger partial charge in [0.1, 0.15) is 0 Å². The fourth-order valence-corrected chi connectivity index (χ4v) is 5.37. The van der Waals surface area contributed by atoms with E-state index in [9.17, 15) is 0 Å². The third-order valence-electron chi connectivity index (χ3n) is 5.98. The molecule has 2 aliphatic heterocycles. The number of thiazole rings is 1. The Morgan fingerprint density at radius 2 is 2.07 bits per heavy atom. The van der Waals surface area contributed by atoms with Gasteiger partial charge in [-0.25, -0.2) is 4.98 Å². The van der Waals surface area contributed by atoms with E-state index in [1.807, 2.05) is 23.7 Å². The molecule has 0 amide bonds. The zero-order valence-corrected chi connectivity index (χ0v) is 21.2. The molecule has 2 N–H and O–H groups in total. The van der Waals surface area contributed by atoms with E-state index in [1.165, 1.54) is 12.0 Å². The number of anilines is 1. The molecular weight excluding hydrogens is 531 g/mol. The van der Waals surface area contributed by atoms with Gasteiger partial charge in [0.2, 0.25) is 0 Å². The predicted octanol–water partition coefficient (Wildman–Crippen LogP) is 3.93. The van der Waals surface area contributed by atoms with Gasteiger partial charge in [-0.05, 0) is 50.0 Å². The number of piperidine rings is 1. The molecule has 2 aromatic rings. The summed E-state index contributed by atoms with van der Waals surface area (Å²) < 4.78 is 0. The summed E-state index contributed by atoms with van der Waals surface area (Å²) in [5.74, 6) is 1.12. The molecular formula is C21H30ClIN6S. The van der Waals surface area contributed by atoms with Crippen LogP contribution in [-0.4, -0.2) is 67.1 Å². The third kappa shape index (κ3) is 5.57. The summed E-state index contributed by atoms with van der Waals surface area (Å²) in [6.07, 6.45) is 4.22. The van der Waals surface area contributed by atoms with E-state index in [0.29, 0.717) is 17.9 Å². The first-order valence-corrected chi connectivity index (χ1v) is 11.5. The highest BCUT2D eigenvalue weighted by atomic mass is 127. The largest absolute Gasteiger partial charge is 0.370 e. The fourth-order valence-electron chi connectivity index (χ4n) is 4.48. The second-order valence-corrected chi connectivity index (χ2v) is 9.18. The van der Waals surface area contributed by atoms with Crippen molar-refractivity contribution in [3.63, 3.8) is 0 Å². The Morgan fingerprint density at radius 3 is 2.77 bits per heavy atom. The van der Waals surface area contributed by atoms with Crippen molar-refractivity contribution in [3.8, 4) is 0 Å². The monoisotopic (exact) mass is 560 g/mol. The van der Waals surface area contributed by atoms with Crippen LogP contribution in [0.2, 0.25) is 5.02 Å². The SMILES string of the molecule is CN1CCCC(CN=C(N)N2CCN(c3nccs3)CC2)C1c1cccc(Cl)c1.I. The number of aliphatic imine (C=N–C) groups is 1. The van der Waals surface area contributed by atoms with E-state index in [4.69, 9.17) is 22.3 Å². The second-order valence-electron chi connectivity index (χ2n) is 7.87. The van der Waals surface area contributed by atoms with Gasteiger partial charge in [-0.1, -0.05) is 23.7 Å². The lowest BCUT2D eigenvalue weighted by Gasteiger charge is -2.39.